The number of amides is 1. The number of hydrogen-bond donors (Lipinski definition) is 1. The number of benzene rings is 1. The van der Waals surface area contributed by atoms with Crippen molar-refractivity contribution in [1.29, 1.82) is 0 Å². The Morgan fingerprint density at radius 2 is 2.23 bits per heavy atom. The first kappa shape index (κ1) is 14.8. The fraction of sp³-hybridized carbons (Fsp3) is 0.444. The van der Waals surface area contributed by atoms with Gasteiger partial charge in [-0.1, -0.05) is 43.3 Å². The number of carbonyl (C=O) groups excluding carboxylic acids is 1. The van der Waals surface area contributed by atoms with Crippen LogP contribution in [0.5, 0.6) is 0 Å². The Balaban J connectivity index is 1.58. The molecular formula is C18H22N2O2. The summed E-state index contributed by atoms with van der Waals surface area (Å²) in [6, 6.07) is 10.1. The Labute approximate surface area is 130 Å². The zero-order valence-corrected chi connectivity index (χ0v) is 13.1. The Hall–Kier alpha value is -2.10. The summed E-state index contributed by atoms with van der Waals surface area (Å²) in [6.07, 6.45) is 2.77. The molecule has 1 aromatic heterocycles. The molecule has 22 heavy (non-hydrogen) atoms. The third kappa shape index (κ3) is 3.21. The molecule has 1 aromatic carbocycles. The lowest BCUT2D eigenvalue weighted by Crippen LogP contribution is -2.27. The summed E-state index contributed by atoms with van der Waals surface area (Å²) < 4.78 is 5.28. The molecule has 3 rings (SSSR count). The Morgan fingerprint density at radius 1 is 1.41 bits per heavy atom. The molecule has 0 radical (unpaired) electrons. The maximum atomic E-state index is 12.4. The number of fused-ring (bicyclic) bond motifs is 1. The highest BCUT2D eigenvalue weighted by Gasteiger charge is 2.28. The van der Waals surface area contributed by atoms with Crippen molar-refractivity contribution in [2.45, 2.75) is 45.6 Å². The summed E-state index contributed by atoms with van der Waals surface area (Å²) >= 11 is 0. The summed E-state index contributed by atoms with van der Waals surface area (Å²) in [4.78, 5) is 12.4. The van der Waals surface area contributed by atoms with Gasteiger partial charge in [0.15, 0.2) is 5.76 Å². The van der Waals surface area contributed by atoms with Gasteiger partial charge in [-0.15, -0.1) is 0 Å². The zero-order valence-electron chi connectivity index (χ0n) is 13.1. The monoisotopic (exact) mass is 298 g/mol. The van der Waals surface area contributed by atoms with Crippen molar-refractivity contribution in [1.82, 2.24) is 10.5 Å². The summed E-state index contributed by atoms with van der Waals surface area (Å²) in [5.74, 6) is 1.30. The molecule has 0 spiro atoms. The highest BCUT2D eigenvalue weighted by molar-refractivity contribution is 5.84. The van der Waals surface area contributed by atoms with Crippen molar-refractivity contribution in [3.8, 4) is 0 Å². The van der Waals surface area contributed by atoms with Gasteiger partial charge in [0.25, 0.3) is 0 Å². The molecule has 0 saturated carbocycles. The molecule has 0 aliphatic heterocycles. The standard InChI is InChI=1S/C18H22N2O2/c1-12(2)9-14-10-15(22-20-14)11-19-18(21)17-8-7-13-5-3-4-6-16(13)17/h3-6,10,12,17H,7-9,11H2,1-2H3,(H,19,21)/t17-/m1/s1. The van der Waals surface area contributed by atoms with E-state index in [1.807, 2.05) is 18.2 Å². The molecular weight excluding hydrogens is 276 g/mol. The lowest BCUT2D eigenvalue weighted by molar-refractivity contribution is -0.122. The van der Waals surface area contributed by atoms with Crippen molar-refractivity contribution in [2.75, 3.05) is 0 Å². The predicted octanol–water partition coefficient (Wildman–Crippen LogP) is 3.22. The number of nitrogens with one attached hydrogen (secondary N) is 1. The van der Waals surface area contributed by atoms with Crippen LogP contribution in [0.4, 0.5) is 0 Å². The Morgan fingerprint density at radius 3 is 3.05 bits per heavy atom. The van der Waals surface area contributed by atoms with Crippen LogP contribution in [0.25, 0.3) is 0 Å². The second-order valence-corrected chi connectivity index (χ2v) is 6.39. The maximum absolute atomic E-state index is 12.4. The first-order chi connectivity index (χ1) is 10.6. The normalized spacial score (nSPS) is 16.8. The van der Waals surface area contributed by atoms with E-state index in [1.165, 1.54) is 5.56 Å². The molecule has 1 amide bonds. The quantitative estimate of drug-likeness (QED) is 0.922. The molecule has 1 heterocycles. The van der Waals surface area contributed by atoms with Crippen LogP contribution < -0.4 is 5.32 Å². The summed E-state index contributed by atoms with van der Waals surface area (Å²) in [7, 11) is 0. The van der Waals surface area contributed by atoms with Gasteiger partial charge in [0.05, 0.1) is 18.2 Å². The van der Waals surface area contributed by atoms with Crippen molar-refractivity contribution in [3.05, 3.63) is 52.9 Å². The summed E-state index contributed by atoms with van der Waals surface area (Å²) in [6.45, 7) is 4.70. The van der Waals surface area contributed by atoms with Gasteiger partial charge < -0.3 is 9.84 Å². The minimum absolute atomic E-state index is 0.0331. The largest absolute Gasteiger partial charge is 0.359 e. The average Bonchev–Trinajstić information content (AvgIpc) is 3.10. The molecule has 1 atom stereocenters. The smallest absolute Gasteiger partial charge is 0.227 e. The third-order valence-electron chi connectivity index (χ3n) is 4.11. The van der Waals surface area contributed by atoms with Gasteiger partial charge in [0, 0.05) is 6.07 Å². The van der Waals surface area contributed by atoms with Gasteiger partial charge in [-0.05, 0) is 36.3 Å². The molecule has 0 fully saturated rings. The second kappa shape index (κ2) is 6.34. The number of aromatic nitrogens is 1. The number of hydrogen-bond acceptors (Lipinski definition) is 3. The fourth-order valence-electron chi connectivity index (χ4n) is 3.08. The number of carbonyl (C=O) groups is 1. The average molecular weight is 298 g/mol. The van der Waals surface area contributed by atoms with Gasteiger partial charge in [-0.3, -0.25) is 4.79 Å². The van der Waals surface area contributed by atoms with Crippen LogP contribution in [0.15, 0.2) is 34.9 Å². The molecule has 0 bridgehead atoms. The SMILES string of the molecule is CC(C)Cc1cc(CNC(=O)[C@@H]2CCc3ccccc32)on1. The topological polar surface area (TPSA) is 55.1 Å². The van der Waals surface area contributed by atoms with Crippen LogP contribution >= 0.6 is 0 Å². The minimum atomic E-state index is -0.0331. The lowest BCUT2D eigenvalue weighted by Gasteiger charge is -2.11. The Bertz CT molecular complexity index is 661. The first-order valence-electron chi connectivity index (χ1n) is 7.93. The zero-order chi connectivity index (χ0) is 15.5. The molecule has 4 nitrogen and oxygen atoms in total. The third-order valence-corrected chi connectivity index (χ3v) is 4.11. The number of aryl methyl sites for hydroxylation is 1. The van der Waals surface area contributed by atoms with Gasteiger partial charge in [-0.25, -0.2) is 0 Å². The molecule has 116 valence electrons. The second-order valence-electron chi connectivity index (χ2n) is 6.39. The van der Waals surface area contributed by atoms with E-state index in [1.54, 1.807) is 0 Å². The van der Waals surface area contributed by atoms with E-state index in [2.05, 4.69) is 36.5 Å². The predicted molar refractivity (Wildman–Crippen MR) is 84.4 cm³/mol. The molecule has 0 unspecified atom stereocenters. The summed E-state index contributed by atoms with van der Waals surface area (Å²) in [5, 5.41) is 7.02. The molecule has 1 N–H and O–H groups in total. The van der Waals surface area contributed by atoms with Crippen molar-refractivity contribution >= 4 is 5.91 Å². The van der Waals surface area contributed by atoms with Crippen LogP contribution in [-0.4, -0.2) is 11.1 Å². The molecule has 0 saturated heterocycles. The highest BCUT2D eigenvalue weighted by Crippen LogP contribution is 2.32. The van der Waals surface area contributed by atoms with E-state index in [-0.39, 0.29) is 11.8 Å². The van der Waals surface area contributed by atoms with E-state index >= 15 is 0 Å². The van der Waals surface area contributed by atoms with Crippen molar-refractivity contribution in [3.63, 3.8) is 0 Å². The Kier molecular flexibility index (Phi) is 4.27. The van der Waals surface area contributed by atoms with Crippen molar-refractivity contribution in [2.24, 2.45) is 5.92 Å². The van der Waals surface area contributed by atoms with Crippen LogP contribution in [0.2, 0.25) is 0 Å². The van der Waals surface area contributed by atoms with Crippen LogP contribution in [0.3, 0.4) is 0 Å². The van der Waals surface area contributed by atoms with Crippen LogP contribution in [0.1, 0.15) is 48.8 Å². The van der Waals surface area contributed by atoms with Crippen LogP contribution in [-0.2, 0) is 24.2 Å². The van der Waals surface area contributed by atoms with Gasteiger partial charge in [0.1, 0.15) is 0 Å². The molecule has 1 aliphatic rings. The van der Waals surface area contributed by atoms with E-state index < -0.39 is 0 Å². The van der Waals surface area contributed by atoms with Crippen LogP contribution in [0, 0.1) is 5.92 Å². The van der Waals surface area contributed by atoms with E-state index in [4.69, 9.17) is 4.52 Å². The van der Waals surface area contributed by atoms with Gasteiger partial charge in [0.2, 0.25) is 5.91 Å². The van der Waals surface area contributed by atoms with Crippen molar-refractivity contribution < 1.29 is 9.32 Å². The van der Waals surface area contributed by atoms with E-state index in [0.29, 0.717) is 12.5 Å². The van der Waals surface area contributed by atoms with Gasteiger partial charge in [-0.2, -0.15) is 0 Å². The molecule has 1 aliphatic carbocycles. The molecule has 4 heteroatoms. The lowest BCUT2D eigenvalue weighted by atomic mass is 10.0. The van der Waals surface area contributed by atoms with E-state index in [0.717, 1.165) is 36.3 Å². The minimum Gasteiger partial charge on any atom is -0.359 e. The fourth-order valence-corrected chi connectivity index (χ4v) is 3.08. The first-order valence-corrected chi connectivity index (χ1v) is 7.93. The highest BCUT2D eigenvalue weighted by atomic mass is 16.5. The maximum Gasteiger partial charge on any atom is 0.227 e. The number of nitrogens with zero attached hydrogens (tertiary/aromatic N) is 1. The molecule has 2 aromatic rings. The van der Waals surface area contributed by atoms with E-state index in [9.17, 15) is 4.79 Å². The number of rotatable bonds is 5. The van der Waals surface area contributed by atoms with Gasteiger partial charge >= 0.3 is 0 Å². The summed E-state index contributed by atoms with van der Waals surface area (Å²) in [5.41, 5.74) is 3.41.